The van der Waals surface area contributed by atoms with Crippen LogP contribution in [0.5, 0.6) is 0 Å². The molecule has 0 radical (unpaired) electrons. The summed E-state index contributed by atoms with van der Waals surface area (Å²) in [6.45, 7) is 0.352. The van der Waals surface area contributed by atoms with Gasteiger partial charge in [-0.25, -0.2) is 4.39 Å². The number of carbonyl (C=O) groups excluding carboxylic acids is 1. The van der Waals surface area contributed by atoms with E-state index in [-0.39, 0.29) is 11.7 Å². The largest absolute Gasteiger partial charge is 0.381 e. The Morgan fingerprint density at radius 1 is 1.24 bits per heavy atom. The molecule has 0 unspecified atom stereocenters. The standard InChI is InChI=1S/C16H16BrFN2O/c1-20(2)16(21)11-4-3-5-14(9-11)19-10-12-8-13(17)6-7-15(12)18/h3-9,19H,10H2,1-2H3. The number of nitrogens with one attached hydrogen (secondary N) is 1. The Bertz CT molecular complexity index is 658. The topological polar surface area (TPSA) is 32.3 Å². The van der Waals surface area contributed by atoms with Gasteiger partial charge in [-0.1, -0.05) is 22.0 Å². The van der Waals surface area contributed by atoms with Crippen LogP contribution in [0.3, 0.4) is 0 Å². The lowest BCUT2D eigenvalue weighted by molar-refractivity contribution is 0.0827. The third-order valence-corrected chi connectivity index (χ3v) is 3.50. The van der Waals surface area contributed by atoms with Gasteiger partial charge in [-0.3, -0.25) is 4.79 Å². The Labute approximate surface area is 131 Å². The second kappa shape index (κ2) is 6.72. The molecule has 0 bridgehead atoms. The van der Waals surface area contributed by atoms with Crippen LogP contribution in [0.2, 0.25) is 0 Å². The first-order valence-corrected chi connectivity index (χ1v) is 7.26. The minimum Gasteiger partial charge on any atom is -0.381 e. The van der Waals surface area contributed by atoms with Crippen LogP contribution in [0.4, 0.5) is 10.1 Å². The molecule has 0 saturated carbocycles. The summed E-state index contributed by atoms with van der Waals surface area (Å²) in [4.78, 5) is 13.4. The Hall–Kier alpha value is -1.88. The van der Waals surface area contributed by atoms with E-state index in [0.29, 0.717) is 17.7 Å². The molecule has 2 aromatic rings. The van der Waals surface area contributed by atoms with Gasteiger partial charge in [-0.15, -0.1) is 0 Å². The fourth-order valence-electron chi connectivity index (χ4n) is 1.90. The summed E-state index contributed by atoms with van der Waals surface area (Å²) >= 11 is 3.32. The maximum absolute atomic E-state index is 13.7. The maximum Gasteiger partial charge on any atom is 0.253 e. The second-order valence-corrected chi connectivity index (χ2v) is 5.79. The first-order chi connectivity index (χ1) is 9.97. The van der Waals surface area contributed by atoms with Crippen molar-refractivity contribution in [3.8, 4) is 0 Å². The summed E-state index contributed by atoms with van der Waals surface area (Å²) in [7, 11) is 3.42. The Morgan fingerprint density at radius 2 is 2.00 bits per heavy atom. The van der Waals surface area contributed by atoms with E-state index in [1.54, 1.807) is 44.4 Å². The van der Waals surface area contributed by atoms with E-state index in [1.807, 2.05) is 6.07 Å². The Morgan fingerprint density at radius 3 is 2.71 bits per heavy atom. The molecule has 2 aromatic carbocycles. The van der Waals surface area contributed by atoms with Crippen molar-refractivity contribution in [2.24, 2.45) is 0 Å². The average Bonchev–Trinajstić information content (AvgIpc) is 2.47. The van der Waals surface area contributed by atoms with Gasteiger partial charge in [0.25, 0.3) is 5.91 Å². The monoisotopic (exact) mass is 350 g/mol. The fraction of sp³-hybridized carbons (Fsp3) is 0.188. The highest BCUT2D eigenvalue weighted by Gasteiger charge is 2.08. The zero-order chi connectivity index (χ0) is 15.4. The number of halogens is 2. The minimum atomic E-state index is -0.258. The first-order valence-electron chi connectivity index (χ1n) is 6.47. The molecular weight excluding hydrogens is 335 g/mol. The normalized spacial score (nSPS) is 10.3. The molecule has 2 rings (SSSR count). The third kappa shape index (κ3) is 4.04. The van der Waals surface area contributed by atoms with E-state index < -0.39 is 0 Å². The van der Waals surface area contributed by atoms with Crippen LogP contribution in [0.15, 0.2) is 46.9 Å². The number of amides is 1. The molecule has 0 aromatic heterocycles. The van der Waals surface area contributed by atoms with Gasteiger partial charge in [0.15, 0.2) is 0 Å². The SMILES string of the molecule is CN(C)C(=O)c1cccc(NCc2cc(Br)ccc2F)c1. The van der Waals surface area contributed by atoms with Crippen LogP contribution in [0.1, 0.15) is 15.9 Å². The fourth-order valence-corrected chi connectivity index (χ4v) is 2.30. The average molecular weight is 351 g/mol. The van der Waals surface area contributed by atoms with Crippen molar-refractivity contribution in [3.63, 3.8) is 0 Å². The van der Waals surface area contributed by atoms with Gasteiger partial charge >= 0.3 is 0 Å². The molecule has 3 nitrogen and oxygen atoms in total. The van der Waals surface area contributed by atoms with Gasteiger partial charge in [-0.2, -0.15) is 0 Å². The molecular formula is C16H16BrFN2O. The number of rotatable bonds is 4. The number of nitrogens with zero attached hydrogens (tertiary/aromatic N) is 1. The molecule has 0 aliphatic rings. The van der Waals surface area contributed by atoms with Crippen LogP contribution < -0.4 is 5.32 Å². The van der Waals surface area contributed by atoms with Crippen LogP contribution in [-0.2, 0) is 6.54 Å². The van der Waals surface area contributed by atoms with Gasteiger partial charge in [-0.05, 0) is 36.4 Å². The Balaban J connectivity index is 2.12. The summed E-state index contributed by atoms with van der Waals surface area (Å²) in [6.07, 6.45) is 0. The van der Waals surface area contributed by atoms with Crippen LogP contribution in [-0.4, -0.2) is 24.9 Å². The highest BCUT2D eigenvalue weighted by atomic mass is 79.9. The van der Waals surface area contributed by atoms with E-state index in [2.05, 4.69) is 21.2 Å². The van der Waals surface area contributed by atoms with Crippen molar-refractivity contribution in [2.45, 2.75) is 6.54 Å². The summed E-state index contributed by atoms with van der Waals surface area (Å²) in [6, 6.07) is 12.0. The number of benzene rings is 2. The molecule has 0 aliphatic heterocycles. The van der Waals surface area contributed by atoms with Gasteiger partial charge in [0.1, 0.15) is 5.82 Å². The van der Waals surface area contributed by atoms with Crippen LogP contribution >= 0.6 is 15.9 Å². The van der Waals surface area contributed by atoms with Gasteiger partial charge < -0.3 is 10.2 Å². The van der Waals surface area contributed by atoms with Gasteiger partial charge in [0.2, 0.25) is 0 Å². The van der Waals surface area contributed by atoms with E-state index in [9.17, 15) is 9.18 Å². The zero-order valence-electron chi connectivity index (χ0n) is 11.9. The lowest BCUT2D eigenvalue weighted by atomic mass is 10.1. The molecule has 0 heterocycles. The lowest BCUT2D eigenvalue weighted by Gasteiger charge is -2.12. The molecule has 1 N–H and O–H groups in total. The molecule has 1 amide bonds. The molecule has 0 fully saturated rings. The summed E-state index contributed by atoms with van der Waals surface area (Å²) in [5, 5.41) is 3.13. The van der Waals surface area contributed by atoms with Crippen molar-refractivity contribution in [3.05, 3.63) is 63.9 Å². The number of hydrogen-bond donors (Lipinski definition) is 1. The van der Waals surface area contributed by atoms with Gasteiger partial charge in [0.05, 0.1) is 0 Å². The number of anilines is 1. The van der Waals surface area contributed by atoms with Crippen molar-refractivity contribution < 1.29 is 9.18 Å². The first kappa shape index (κ1) is 15.5. The van der Waals surface area contributed by atoms with Crippen molar-refractivity contribution in [2.75, 3.05) is 19.4 Å². The quantitative estimate of drug-likeness (QED) is 0.906. The van der Waals surface area contributed by atoms with E-state index in [1.165, 1.54) is 11.0 Å². The third-order valence-electron chi connectivity index (χ3n) is 3.01. The smallest absolute Gasteiger partial charge is 0.253 e. The Kier molecular flexibility index (Phi) is 4.96. The predicted octanol–water partition coefficient (Wildman–Crippen LogP) is 3.90. The van der Waals surface area contributed by atoms with E-state index in [4.69, 9.17) is 0 Å². The molecule has 0 atom stereocenters. The van der Waals surface area contributed by atoms with Crippen LogP contribution in [0, 0.1) is 5.82 Å². The van der Waals surface area contributed by atoms with E-state index in [0.717, 1.165) is 10.2 Å². The molecule has 21 heavy (non-hydrogen) atoms. The highest BCUT2D eigenvalue weighted by molar-refractivity contribution is 9.10. The molecule has 0 saturated heterocycles. The number of hydrogen-bond acceptors (Lipinski definition) is 2. The second-order valence-electron chi connectivity index (χ2n) is 4.87. The van der Waals surface area contributed by atoms with Crippen LogP contribution in [0.25, 0.3) is 0 Å². The molecule has 5 heteroatoms. The van der Waals surface area contributed by atoms with E-state index >= 15 is 0 Å². The maximum atomic E-state index is 13.7. The summed E-state index contributed by atoms with van der Waals surface area (Å²) in [5.41, 5.74) is 1.94. The van der Waals surface area contributed by atoms with Crippen molar-refractivity contribution >= 4 is 27.5 Å². The molecule has 110 valence electrons. The molecule has 0 spiro atoms. The minimum absolute atomic E-state index is 0.0627. The van der Waals surface area contributed by atoms with Gasteiger partial charge in [0, 0.05) is 41.9 Å². The molecule has 0 aliphatic carbocycles. The van der Waals surface area contributed by atoms with Crippen molar-refractivity contribution in [1.29, 1.82) is 0 Å². The van der Waals surface area contributed by atoms with Crippen molar-refractivity contribution in [1.82, 2.24) is 4.90 Å². The summed E-state index contributed by atoms with van der Waals surface area (Å²) in [5.74, 6) is -0.321. The lowest BCUT2D eigenvalue weighted by Crippen LogP contribution is -2.21. The number of carbonyl (C=O) groups is 1. The summed E-state index contributed by atoms with van der Waals surface area (Å²) < 4.78 is 14.5. The highest BCUT2D eigenvalue weighted by Crippen LogP contribution is 2.18. The predicted molar refractivity (Wildman–Crippen MR) is 85.9 cm³/mol. The zero-order valence-corrected chi connectivity index (χ0v) is 13.4.